The van der Waals surface area contributed by atoms with Crippen LogP contribution in [-0.2, 0) is 0 Å². The van der Waals surface area contributed by atoms with Crippen LogP contribution in [0.2, 0.25) is 0 Å². The van der Waals surface area contributed by atoms with Crippen LogP contribution < -0.4 is 5.32 Å². The Hall–Kier alpha value is 0.250. The summed E-state index contributed by atoms with van der Waals surface area (Å²) in [6, 6.07) is 0. The number of hydrogen-bond acceptors (Lipinski definition) is 1. The highest BCUT2D eigenvalue weighted by atomic mass is 35.5. The van der Waals surface area contributed by atoms with Crippen LogP contribution in [0.3, 0.4) is 0 Å². The van der Waals surface area contributed by atoms with E-state index >= 15 is 0 Å². The summed E-state index contributed by atoms with van der Waals surface area (Å²) in [5.74, 6) is 0. The van der Waals surface area contributed by atoms with Gasteiger partial charge in [0.15, 0.2) is 0 Å². The molecule has 0 aliphatic heterocycles. The zero-order valence-electron chi connectivity index (χ0n) is 8.62. The second-order valence-corrected chi connectivity index (χ2v) is 0.655. The summed E-state index contributed by atoms with van der Waals surface area (Å²) in [5, 5.41) is 2.23. The van der Waals surface area contributed by atoms with Gasteiger partial charge in [-0.3, -0.25) is 0 Å². The van der Waals surface area contributed by atoms with Crippen LogP contribution >= 0.6 is 12.4 Å². The minimum atomic E-state index is -2.58. The molecule has 0 aromatic carbocycles. The van der Waals surface area contributed by atoms with Gasteiger partial charge in [0.1, 0.15) is 0 Å². The van der Waals surface area contributed by atoms with Gasteiger partial charge in [-0.1, -0.05) is 13.8 Å². The number of nitrogens with one attached hydrogen (secondary N) is 1. The van der Waals surface area contributed by atoms with Crippen LogP contribution in [0, 0.1) is 0 Å². The topological polar surface area (TPSA) is 12.0 Å². The SMILES string of the molecule is Cl.[2H]C([2H])([2H])C([2H])([2H])NCC. The first-order chi connectivity index (χ1) is 4.31. The fraction of sp³-hybridized carbons (Fsp3) is 1.00. The summed E-state index contributed by atoms with van der Waals surface area (Å²) in [6.07, 6.45) is 0. The first kappa shape index (κ1) is 2.01. The molecule has 1 nitrogen and oxygen atoms in total. The zero-order chi connectivity index (χ0) is 8.41. The third-order valence-electron chi connectivity index (χ3n) is 0.265. The molecule has 0 atom stereocenters. The highest BCUT2D eigenvalue weighted by molar-refractivity contribution is 5.85. The largest absolute Gasteiger partial charge is 0.317 e. The van der Waals surface area contributed by atoms with E-state index in [0.29, 0.717) is 6.54 Å². The monoisotopic (exact) mass is 114 g/mol. The van der Waals surface area contributed by atoms with Gasteiger partial charge in [0.2, 0.25) is 0 Å². The fourth-order valence-electron chi connectivity index (χ4n) is 0.0884. The van der Waals surface area contributed by atoms with Crippen molar-refractivity contribution in [3.8, 4) is 0 Å². The van der Waals surface area contributed by atoms with Gasteiger partial charge in [-0.25, -0.2) is 0 Å². The molecule has 0 aromatic rings. The van der Waals surface area contributed by atoms with Crippen molar-refractivity contribution in [2.45, 2.75) is 13.8 Å². The molecule has 0 amide bonds. The van der Waals surface area contributed by atoms with E-state index in [4.69, 9.17) is 6.85 Å². The summed E-state index contributed by atoms with van der Waals surface area (Å²) in [7, 11) is 0. The zero-order valence-corrected chi connectivity index (χ0v) is 4.43. The van der Waals surface area contributed by atoms with Crippen molar-refractivity contribution >= 4 is 12.4 Å². The average Bonchev–Trinajstić information content (AvgIpc) is 1.61. The molecule has 0 fully saturated rings. The maximum Gasteiger partial charge on any atom is 0.0425 e. The molecule has 40 valence electrons. The lowest BCUT2D eigenvalue weighted by atomic mass is 10.7. The number of halogens is 1. The molecular weight excluding hydrogens is 97.5 g/mol. The van der Waals surface area contributed by atoms with E-state index in [2.05, 4.69) is 5.32 Å². The van der Waals surface area contributed by atoms with Crippen molar-refractivity contribution in [3.05, 3.63) is 0 Å². The van der Waals surface area contributed by atoms with Gasteiger partial charge in [-0.15, -0.1) is 12.4 Å². The minimum absolute atomic E-state index is 0. The van der Waals surface area contributed by atoms with Gasteiger partial charge in [0.25, 0.3) is 0 Å². The summed E-state index contributed by atoms with van der Waals surface area (Å²) < 4.78 is 34.1. The molecule has 2 heteroatoms. The Morgan fingerprint density at radius 1 is 2.00 bits per heavy atom. The van der Waals surface area contributed by atoms with Crippen LogP contribution in [0.15, 0.2) is 0 Å². The molecule has 0 aromatic heterocycles. The molecular formula is C4H12ClN. The third kappa shape index (κ3) is 8.87. The predicted molar refractivity (Wildman–Crippen MR) is 31.5 cm³/mol. The molecule has 0 aliphatic carbocycles. The third-order valence-corrected chi connectivity index (χ3v) is 0.265. The summed E-state index contributed by atoms with van der Waals surface area (Å²) >= 11 is 0. The number of hydrogen-bond donors (Lipinski definition) is 1. The molecule has 1 N–H and O–H groups in total. The lowest BCUT2D eigenvalue weighted by Gasteiger charge is -1.86. The molecule has 0 unspecified atom stereocenters. The Bertz CT molecular complexity index is 112. The van der Waals surface area contributed by atoms with Crippen LogP contribution in [-0.4, -0.2) is 13.0 Å². The molecule has 0 spiro atoms. The minimum Gasteiger partial charge on any atom is -0.317 e. The maximum atomic E-state index is 6.97. The maximum absolute atomic E-state index is 6.97. The normalized spacial score (nSPS) is 23.8. The molecule has 0 radical (unpaired) electrons. The van der Waals surface area contributed by atoms with Gasteiger partial charge < -0.3 is 5.32 Å². The highest BCUT2D eigenvalue weighted by Crippen LogP contribution is 1.47. The molecule has 0 heterocycles. The van der Waals surface area contributed by atoms with Crippen molar-refractivity contribution in [3.63, 3.8) is 0 Å². The van der Waals surface area contributed by atoms with E-state index in [-0.39, 0.29) is 12.4 Å². The lowest BCUT2D eigenvalue weighted by molar-refractivity contribution is 0.762. The predicted octanol–water partition coefficient (Wildman–Crippen LogP) is 1.04. The van der Waals surface area contributed by atoms with Crippen LogP contribution in [0.5, 0.6) is 0 Å². The van der Waals surface area contributed by atoms with Crippen molar-refractivity contribution in [2.75, 3.05) is 13.0 Å². The van der Waals surface area contributed by atoms with Crippen molar-refractivity contribution in [1.82, 2.24) is 5.32 Å². The molecule has 6 heavy (non-hydrogen) atoms. The van der Waals surface area contributed by atoms with E-state index < -0.39 is 13.3 Å². The molecule has 0 aliphatic rings. The van der Waals surface area contributed by atoms with Gasteiger partial charge >= 0.3 is 0 Å². The van der Waals surface area contributed by atoms with Crippen LogP contribution in [0.1, 0.15) is 20.6 Å². The van der Waals surface area contributed by atoms with Gasteiger partial charge in [0.05, 0.1) is 0 Å². The Labute approximate surface area is 52.6 Å². The van der Waals surface area contributed by atoms with E-state index in [1.54, 1.807) is 6.92 Å². The quantitative estimate of drug-likeness (QED) is 0.566. The Balaban J connectivity index is 0. The number of rotatable bonds is 2. The van der Waals surface area contributed by atoms with E-state index in [1.807, 2.05) is 0 Å². The summed E-state index contributed by atoms with van der Waals surface area (Å²) in [4.78, 5) is 0. The van der Waals surface area contributed by atoms with Crippen molar-refractivity contribution in [2.24, 2.45) is 0 Å². The standard InChI is InChI=1S/C4H11N.ClH/c1-3-5-4-2;/h5H,3-4H2,1-2H3;1H/i1D3,3D2;. The first-order valence-corrected chi connectivity index (χ1v) is 1.56. The highest BCUT2D eigenvalue weighted by Gasteiger charge is 1.62. The molecule has 0 rings (SSSR count). The van der Waals surface area contributed by atoms with E-state index in [9.17, 15) is 0 Å². The van der Waals surface area contributed by atoms with Gasteiger partial charge in [-0.2, -0.15) is 0 Å². The first-order valence-electron chi connectivity index (χ1n) is 4.06. The van der Waals surface area contributed by atoms with Gasteiger partial charge in [-0.05, 0) is 13.0 Å². The van der Waals surface area contributed by atoms with Gasteiger partial charge in [0, 0.05) is 6.85 Å². The molecule has 0 saturated carbocycles. The van der Waals surface area contributed by atoms with Crippen molar-refractivity contribution in [1.29, 1.82) is 0 Å². The molecule has 0 bridgehead atoms. The Morgan fingerprint density at radius 3 is 2.83 bits per heavy atom. The fourth-order valence-corrected chi connectivity index (χ4v) is 0.0884. The van der Waals surface area contributed by atoms with E-state index in [0.717, 1.165) is 0 Å². The van der Waals surface area contributed by atoms with E-state index in [1.165, 1.54) is 0 Å². The second-order valence-electron chi connectivity index (χ2n) is 0.655. The average molecular weight is 115 g/mol. The van der Waals surface area contributed by atoms with Crippen molar-refractivity contribution < 1.29 is 6.85 Å². The van der Waals surface area contributed by atoms with Crippen LogP contribution in [0.25, 0.3) is 0 Å². The van der Waals surface area contributed by atoms with Crippen LogP contribution in [0.4, 0.5) is 0 Å². The summed E-state index contributed by atoms with van der Waals surface area (Å²) in [6.45, 7) is -2.88. The Morgan fingerprint density at radius 2 is 2.67 bits per heavy atom. The summed E-state index contributed by atoms with van der Waals surface area (Å²) in [5.41, 5.74) is 0. The smallest absolute Gasteiger partial charge is 0.0425 e. The molecule has 0 saturated heterocycles. The second kappa shape index (κ2) is 8.98. The lowest BCUT2D eigenvalue weighted by Crippen LogP contribution is -2.09. The Kier molecular flexibility index (Phi) is 3.01.